The third-order valence-electron chi connectivity index (χ3n) is 9.92. The third-order valence-corrected chi connectivity index (χ3v) is 9.92. The van der Waals surface area contributed by atoms with E-state index in [0.717, 1.165) is 71.3 Å². The number of hydrogen-bond acceptors (Lipinski definition) is 5. The van der Waals surface area contributed by atoms with Crippen molar-refractivity contribution in [1.29, 1.82) is 0 Å². The molecule has 0 aliphatic carbocycles. The fourth-order valence-corrected chi connectivity index (χ4v) is 7.63. The maximum absolute atomic E-state index is 6.29. The van der Waals surface area contributed by atoms with E-state index < -0.39 is 0 Å². The summed E-state index contributed by atoms with van der Waals surface area (Å²) in [4.78, 5) is 15.6. The third kappa shape index (κ3) is 3.98. The fourth-order valence-electron chi connectivity index (χ4n) is 7.63. The number of furan rings is 2. The highest BCUT2D eigenvalue weighted by molar-refractivity contribution is 6.22. The summed E-state index contributed by atoms with van der Waals surface area (Å²) in [6.45, 7) is 0. The van der Waals surface area contributed by atoms with Crippen LogP contribution in [-0.2, 0) is 0 Å². The zero-order valence-corrected chi connectivity index (χ0v) is 26.6. The molecule has 0 radical (unpaired) electrons. The summed E-state index contributed by atoms with van der Waals surface area (Å²) in [6, 6.07) is 52.2. The highest BCUT2D eigenvalue weighted by Gasteiger charge is 2.20. The first-order valence-electron chi connectivity index (χ1n) is 16.7. The van der Waals surface area contributed by atoms with Crippen LogP contribution in [0.15, 0.2) is 160 Å². The van der Waals surface area contributed by atoms with Gasteiger partial charge in [-0.3, -0.25) is 0 Å². The number of hydrogen-bond donors (Lipinski definition) is 0. The summed E-state index contributed by atoms with van der Waals surface area (Å²) in [7, 11) is 0. The van der Waals surface area contributed by atoms with Crippen LogP contribution < -0.4 is 0 Å². The molecule has 3 heterocycles. The first kappa shape index (κ1) is 27.1. The van der Waals surface area contributed by atoms with Crippen molar-refractivity contribution in [2.45, 2.75) is 0 Å². The van der Waals surface area contributed by atoms with Crippen LogP contribution in [0.3, 0.4) is 0 Å². The standard InChI is InChI=1S/C45H25N3O2/c1-2-10-29-26(9-1)19-20-27-21-23-30-33(41(27)29)13-7-14-34(30)44-46-43(28-22-24-32-31-11-3-5-16-37(31)50-40(32)25-28)47-45(48-44)36-15-8-18-39-42(36)35-12-4-6-17-38(35)49-39/h1-25H. The zero-order chi connectivity index (χ0) is 32.8. The van der Waals surface area contributed by atoms with Crippen molar-refractivity contribution >= 4 is 76.2 Å². The quantitative estimate of drug-likeness (QED) is 0.180. The van der Waals surface area contributed by atoms with Gasteiger partial charge in [0, 0.05) is 38.2 Å². The number of nitrogens with zero attached hydrogens (tertiary/aromatic N) is 3. The van der Waals surface area contributed by atoms with Gasteiger partial charge in [-0.1, -0.05) is 121 Å². The Morgan fingerprint density at radius 1 is 0.320 bits per heavy atom. The van der Waals surface area contributed by atoms with Crippen LogP contribution >= 0.6 is 0 Å². The normalized spacial score (nSPS) is 12.0. The lowest BCUT2D eigenvalue weighted by Crippen LogP contribution is -2.01. The molecular formula is C45H25N3O2. The van der Waals surface area contributed by atoms with Crippen LogP contribution in [0.25, 0.3) is 110 Å². The maximum Gasteiger partial charge on any atom is 0.164 e. The number of rotatable bonds is 3. The number of benzene rings is 8. The molecule has 0 amide bonds. The van der Waals surface area contributed by atoms with E-state index >= 15 is 0 Å². The Morgan fingerprint density at radius 2 is 0.900 bits per heavy atom. The molecule has 0 saturated carbocycles. The van der Waals surface area contributed by atoms with Gasteiger partial charge in [-0.25, -0.2) is 15.0 Å². The molecule has 0 fully saturated rings. The van der Waals surface area contributed by atoms with Gasteiger partial charge in [0.2, 0.25) is 0 Å². The minimum absolute atomic E-state index is 0.570. The van der Waals surface area contributed by atoms with E-state index in [4.69, 9.17) is 23.8 Å². The molecule has 0 spiro atoms. The van der Waals surface area contributed by atoms with Crippen molar-refractivity contribution < 1.29 is 8.83 Å². The molecule has 5 nitrogen and oxygen atoms in total. The van der Waals surface area contributed by atoms with Crippen molar-refractivity contribution in [3.63, 3.8) is 0 Å². The predicted octanol–water partition coefficient (Wildman–Crippen LogP) is 12.1. The molecule has 0 aliphatic heterocycles. The monoisotopic (exact) mass is 639 g/mol. The summed E-state index contributed by atoms with van der Waals surface area (Å²) in [6.07, 6.45) is 0. The van der Waals surface area contributed by atoms with E-state index in [9.17, 15) is 0 Å². The van der Waals surface area contributed by atoms with Crippen molar-refractivity contribution in [3.05, 3.63) is 152 Å². The molecule has 0 bridgehead atoms. The minimum atomic E-state index is 0.570. The molecule has 0 aliphatic rings. The van der Waals surface area contributed by atoms with E-state index in [1.807, 2.05) is 54.6 Å². The van der Waals surface area contributed by atoms with E-state index in [2.05, 4.69) is 97.1 Å². The molecule has 0 N–H and O–H groups in total. The largest absolute Gasteiger partial charge is 0.456 e. The molecule has 3 aromatic heterocycles. The van der Waals surface area contributed by atoms with Gasteiger partial charge in [-0.05, 0) is 62.6 Å². The minimum Gasteiger partial charge on any atom is -0.456 e. The molecule has 232 valence electrons. The zero-order valence-electron chi connectivity index (χ0n) is 26.6. The Hall–Kier alpha value is -6.85. The van der Waals surface area contributed by atoms with Crippen LogP contribution in [0.4, 0.5) is 0 Å². The molecular weight excluding hydrogens is 615 g/mol. The Morgan fingerprint density at radius 3 is 1.80 bits per heavy atom. The van der Waals surface area contributed by atoms with Crippen LogP contribution in [0, 0.1) is 0 Å². The van der Waals surface area contributed by atoms with E-state index in [1.165, 1.54) is 21.5 Å². The SMILES string of the molecule is c1ccc2c(c1)ccc1ccc3c(-c4nc(-c5ccc6c(c5)oc5ccccc56)nc(-c5cccc6oc7ccccc7c56)n4)cccc3c12. The number of para-hydroxylation sites is 2. The Balaban J connectivity index is 1.20. The predicted molar refractivity (Wildman–Crippen MR) is 203 cm³/mol. The van der Waals surface area contributed by atoms with Gasteiger partial charge in [-0.2, -0.15) is 0 Å². The van der Waals surface area contributed by atoms with Crippen molar-refractivity contribution in [2.75, 3.05) is 0 Å². The van der Waals surface area contributed by atoms with Crippen molar-refractivity contribution in [3.8, 4) is 34.2 Å². The molecule has 11 rings (SSSR count). The van der Waals surface area contributed by atoms with E-state index in [1.54, 1.807) is 0 Å². The summed E-state index contributed by atoms with van der Waals surface area (Å²) in [5, 5.41) is 11.2. The molecule has 0 saturated heterocycles. The number of fused-ring (bicyclic) bond motifs is 11. The van der Waals surface area contributed by atoms with Gasteiger partial charge in [0.25, 0.3) is 0 Å². The van der Waals surface area contributed by atoms with Crippen molar-refractivity contribution in [2.24, 2.45) is 0 Å². The van der Waals surface area contributed by atoms with Crippen LogP contribution in [0.5, 0.6) is 0 Å². The average Bonchev–Trinajstić information content (AvgIpc) is 3.75. The summed E-state index contributed by atoms with van der Waals surface area (Å²) in [5.41, 5.74) is 5.94. The molecule has 0 atom stereocenters. The van der Waals surface area contributed by atoms with E-state index in [-0.39, 0.29) is 0 Å². The van der Waals surface area contributed by atoms with Gasteiger partial charge in [0.1, 0.15) is 22.3 Å². The van der Waals surface area contributed by atoms with Gasteiger partial charge < -0.3 is 8.83 Å². The average molecular weight is 640 g/mol. The fraction of sp³-hybridized carbons (Fsp3) is 0. The summed E-state index contributed by atoms with van der Waals surface area (Å²) < 4.78 is 12.6. The maximum atomic E-state index is 6.29. The van der Waals surface area contributed by atoms with Gasteiger partial charge in [0.05, 0.1) is 0 Å². The van der Waals surface area contributed by atoms with Gasteiger partial charge >= 0.3 is 0 Å². The highest BCUT2D eigenvalue weighted by Crippen LogP contribution is 2.40. The molecule has 50 heavy (non-hydrogen) atoms. The summed E-state index contributed by atoms with van der Waals surface area (Å²) in [5.74, 6) is 1.75. The smallest absolute Gasteiger partial charge is 0.164 e. The molecule has 11 aromatic rings. The van der Waals surface area contributed by atoms with Crippen molar-refractivity contribution in [1.82, 2.24) is 15.0 Å². The van der Waals surface area contributed by atoms with Crippen LogP contribution in [0.2, 0.25) is 0 Å². The second-order valence-electron chi connectivity index (χ2n) is 12.7. The Kier molecular flexibility index (Phi) is 5.60. The Labute approximate surface area is 285 Å². The first-order valence-corrected chi connectivity index (χ1v) is 16.7. The second kappa shape index (κ2) is 10.3. The van der Waals surface area contributed by atoms with Crippen LogP contribution in [-0.4, -0.2) is 15.0 Å². The topological polar surface area (TPSA) is 65.0 Å². The molecule has 8 aromatic carbocycles. The highest BCUT2D eigenvalue weighted by atomic mass is 16.3. The second-order valence-corrected chi connectivity index (χ2v) is 12.7. The van der Waals surface area contributed by atoms with Crippen LogP contribution in [0.1, 0.15) is 0 Å². The molecule has 5 heteroatoms. The lowest BCUT2D eigenvalue weighted by Gasteiger charge is -2.13. The van der Waals surface area contributed by atoms with E-state index in [0.29, 0.717) is 17.5 Å². The van der Waals surface area contributed by atoms with Gasteiger partial charge in [-0.15, -0.1) is 0 Å². The summed E-state index contributed by atoms with van der Waals surface area (Å²) >= 11 is 0. The van der Waals surface area contributed by atoms with Gasteiger partial charge in [0.15, 0.2) is 17.5 Å². The number of aromatic nitrogens is 3. The Bertz CT molecular complexity index is 3170. The lowest BCUT2D eigenvalue weighted by atomic mass is 9.94. The molecule has 0 unspecified atom stereocenters. The lowest BCUT2D eigenvalue weighted by molar-refractivity contribution is 0.668. The first-order chi connectivity index (χ1) is 24.8.